The average Bonchev–Trinajstić information content (AvgIpc) is 2.81. The van der Waals surface area contributed by atoms with E-state index in [4.69, 9.17) is 11.6 Å². The van der Waals surface area contributed by atoms with Crippen LogP contribution in [0, 0.1) is 5.92 Å². The minimum absolute atomic E-state index is 0.404. The van der Waals surface area contributed by atoms with Crippen molar-refractivity contribution >= 4 is 33.0 Å². The van der Waals surface area contributed by atoms with Crippen LogP contribution < -0.4 is 10.0 Å². The Labute approximate surface area is 119 Å². The normalized spacial score (nSPS) is 16.5. The number of anilines is 2. The van der Waals surface area contributed by atoms with Crippen LogP contribution in [0.5, 0.6) is 0 Å². The summed E-state index contributed by atoms with van der Waals surface area (Å²) in [7, 11) is -3.29. The summed E-state index contributed by atoms with van der Waals surface area (Å²) in [6.07, 6.45) is 6.33. The van der Waals surface area contributed by atoms with Gasteiger partial charge in [-0.2, -0.15) is 0 Å². The first kappa shape index (κ1) is 14.5. The highest BCUT2D eigenvalue weighted by Crippen LogP contribution is 2.28. The maximum Gasteiger partial charge on any atom is 0.229 e. The molecule has 0 aliphatic heterocycles. The molecule has 1 aliphatic rings. The summed E-state index contributed by atoms with van der Waals surface area (Å²) in [5, 5.41) is 3.76. The maximum absolute atomic E-state index is 11.2. The summed E-state index contributed by atoms with van der Waals surface area (Å²) >= 11 is 6.06. The molecule has 0 unspecified atom stereocenters. The lowest BCUT2D eigenvalue weighted by molar-refractivity contribution is 0.580. The zero-order valence-electron chi connectivity index (χ0n) is 10.9. The highest BCUT2D eigenvalue weighted by Gasteiger charge is 2.14. The summed E-state index contributed by atoms with van der Waals surface area (Å²) in [6, 6.07) is 5.28. The van der Waals surface area contributed by atoms with Crippen molar-refractivity contribution in [3.05, 3.63) is 23.2 Å². The van der Waals surface area contributed by atoms with Crippen LogP contribution in [0.2, 0.25) is 5.02 Å². The van der Waals surface area contributed by atoms with Crippen LogP contribution in [0.1, 0.15) is 25.7 Å². The topological polar surface area (TPSA) is 58.2 Å². The Balaban J connectivity index is 1.97. The van der Waals surface area contributed by atoms with Crippen molar-refractivity contribution in [1.82, 2.24) is 0 Å². The van der Waals surface area contributed by atoms with Gasteiger partial charge in [-0.25, -0.2) is 8.42 Å². The zero-order valence-corrected chi connectivity index (χ0v) is 12.5. The van der Waals surface area contributed by atoms with E-state index < -0.39 is 10.0 Å². The number of rotatable bonds is 5. The van der Waals surface area contributed by atoms with Gasteiger partial charge in [0.05, 0.1) is 17.0 Å². The number of halogens is 1. The van der Waals surface area contributed by atoms with E-state index in [0.29, 0.717) is 10.7 Å². The van der Waals surface area contributed by atoms with Gasteiger partial charge in [-0.15, -0.1) is 0 Å². The Morgan fingerprint density at radius 2 is 2.00 bits per heavy atom. The van der Waals surface area contributed by atoms with Gasteiger partial charge in [-0.3, -0.25) is 4.72 Å². The highest BCUT2D eigenvalue weighted by atomic mass is 35.5. The molecule has 6 heteroatoms. The molecule has 1 fully saturated rings. The SMILES string of the molecule is CS(=O)(=O)Nc1ccc(NCC2CCCC2)cc1Cl. The molecular weight excluding hydrogens is 284 g/mol. The van der Waals surface area contributed by atoms with Crippen molar-refractivity contribution in [2.24, 2.45) is 5.92 Å². The van der Waals surface area contributed by atoms with E-state index >= 15 is 0 Å². The van der Waals surface area contributed by atoms with Crippen LogP contribution in [-0.4, -0.2) is 21.2 Å². The second kappa shape index (κ2) is 6.01. The van der Waals surface area contributed by atoms with E-state index in [1.54, 1.807) is 12.1 Å². The van der Waals surface area contributed by atoms with Gasteiger partial charge in [0, 0.05) is 12.2 Å². The molecule has 0 bridgehead atoms. The lowest BCUT2D eigenvalue weighted by Crippen LogP contribution is -2.12. The third kappa shape index (κ3) is 4.58. The molecule has 0 heterocycles. The fourth-order valence-corrected chi connectivity index (χ4v) is 3.25. The summed E-state index contributed by atoms with van der Waals surface area (Å²) in [6.45, 7) is 0.954. The Morgan fingerprint density at radius 3 is 2.58 bits per heavy atom. The van der Waals surface area contributed by atoms with E-state index in [9.17, 15) is 8.42 Å². The molecule has 4 nitrogen and oxygen atoms in total. The van der Waals surface area contributed by atoms with Gasteiger partial charge in [0.15, 0.2) is 0 Å². The van der Waals surface area contributed by atoms with Crippen LogP contribution >= 0.6 is 11.6 Å². The van der Waals surface area contributed by atoms with Crippen molar-refractivity contribution < 1.29 is 8.42 Å². The third-order valence-electron chi connectivity index (χ3n) is 3.33. The van der Waals surface area contributed by atoms with Crippen LogP contribution in [0.3, 0.4) is 0 Å². The second-order valence-electron chi connectivity index (χ2n) is 5.10. The molecule has 0 radical (unpaired) electrons. The van der Waals surface area contributed by atoms with Gasteiger partial charge in [0.2, 0.25) is 10.0 Å². The van der Waals surface area contributed by atoms with Crippen LogP contribution in [-0.2, 0) is 10.0 Å². The smallest absolute Gasteiger partial charge is 0.229 e. The van der Waals surface area contributed by atoms with E-state index in [1.807, 2.05) is 6.07 Å². The quantitative estimate of drug-likeness (QED) is 0.877. The fraction of sp³-hybridized carbons (Fsp3) is 0.538. The van der Waals surface area contributed by atoms with Crippen LogP contribution in [0.4, 0.5) is 11.4 Å². The number of nitrogens with one attached hydrogen (secondary N) is 2. The largest absolute Gasteiger partial charge is 0.385 e. The molecule has 1 aromatic carbocycles. The molecule has 0 saturated heterocycles. The standard InChI is InChI=1S/C13H19ClN2O2S/c1-19(17,18)16-13-7-6-11(8-12(13)14)15-9-10-4-2-3-5-10/h6-8,10,15-16H,2-5,9H2,1H3. The van der Waals surface area contributed by atoms with E-state index in [1.165, 1.54) is 25.7 Å². The van der Waals surface area contributed by atoms with Crippen LogP contribution in [0.25, 0.3) is 0 Å². The van der Waals surface area contributed by atoms with Crippen molar-refractivity contribution in [1.29, 1.82) is 0 Å². The molecule has 1 saturated carbocycles. The molecule has 1 aliphatic carbocycles. The Morgan fingerprint density at radius 1 is 1.32 bits per heavy atom. The molecule has 106 valence electrons. The number of sulfonamides is 1. The zero-order chi connectivity index (χ0) is 13.9. The third-order valence-corrected chi connectivity index (χ3v) is 4.24. The summed E-state index contributed by atoms with van der Waals surface area (Å²) in [5.41, 5.74) is 1.34. The van der Waals surface area contributed by atoms with E-state index in [-0.39, 0.29) is 0 Å². The number of hydrogen-bond donors (Lipinski definition) is 2. The number of hydrogen-bond acceptors (Lipinski definition) is 3. The molecule has 0 spiro atoms. The van der Waals surface area contributed by atoms with Gasteiger partial charge < -0.3 is 5.32 Å². The van der Waals surface area contributed by atoms with Gasteiger partial charge in [0.25, 0.3) is 0 Å². The lowest BCUT2D eigenvalue weighted by Gasteiger charge is -2.13. The predicted octanol–water partition coefficient (Wildman–Crippen LogP) is 3.31. The molecule has 0 amide bonds. The second-order valence-corrected chi connectivity index (χ2v) is 7.26. The molecule has 0 atom stereocenters. The highest BCUT2D eigenvalue weighted by molar-refractivity contribution is 7.92. The van der Waals surface area contributed by atoms with Crippen molar-refractivity contribution in [2.45, 2.75) is 25.7 Å². The van der Waals surface area contributed by atoms with Crippen molar-refractivity contribution in [3.8, 4) is 0 Å². The van der Waals surface area contributed by atoms with E-state index in [0.717, 1.165) is 24.4 Å². The first-order chi connectivity index (χ1) is 8.94. The molecule has 0 aromatic heterocycles. The van der Waals surface area contributed by atoms with Gasteiger partial charge >= 0.3 is 0 Å². The minimum atomic E-state index is -3.29. The summed E-state index contributed by atoms with van der Waals surface area (Å²) < 4.78 is 24.7. The molecular formula is C13H19ClN2O2S. The van der Waals surface area contributed by atoms with Crippen molar-refractivity contribution in [3.63, 3.8) is 0 Å². The van der Waals surface area contributed by atoms with Crippen LogP contribution in [0.15, 0.2) is 18.2 Å². The maximum atomic E-state index is 11.2. The molecule has 1 aromatic rings. The number of benzene rings is 1. The average molecular weight is 303 g/mol. The Hall–Kier alpha value is -0.940. The minimum Gasteiger partial charge on any atom is -0.385 e. The molecule has 2 rings (SSSR count). The molecule has 19 heavy (non-hydrogen) atoms. The fourth-order valence-electron chi connectivity index (χ4n) is 2.38. The van der Waals surface area contributed by atoms with Gasteiger partial charge in [-0.05, 0) is 37.0 Å². The first-order valence-corrected chi connectivity index (χ1v) is 8.72. The lowest BCUT2D eigenvalue weighted by atomic mass is 10.1. The summed E-state index contributed by atoms with van der Waals surface area (Å²) in [5.74, 6) is 0.743. The predicted molar refractivity (Wildman–Crippen MR) is 80.4 cm³/mol. The summed E-state index contributed by atoms with van der Waals surface area (Å²) in [4.78, 5) is 0. The molecule has 2 N–H and O–H groups in total. The Bertz CT molecular complexity index is 540. The van der Waals surface area contributed by atoms with Crippen molar-refractivity contribution in [2.75, 3.05) is 22.8 Å². The Kier molecular flexibility index (Phi) is 4.58. The van der Waals surface area contributed by atoms with Gasteiger partial charge in [-0.1, -0.05) is 24.4 Å². The van der Waals surface area contributed by atoms with E-state index in [2.05, 4.69) is 10.0 Å². The first-order valence-electron chi connectivity index (χ1n) is 6.45. The van der Waals surface area contributed by atoms with Gasteiger partial charge in [0.1, 0.15) is 0 Å². The monoisotopic (exact) mass is 302 g/mol.